The van der Waals surface area contributed by atoms with Crippen LogP contribution in [-0.4, -0.2) is 14.2 Å². The van der Waals surface area contributed by atoms with Crippen molar-refractivity contribution in [3.05, 3.63) is 45.4 Å². The molecule has 2 aromatic carbocycles. The predicted octanol–water partition coefficient (Wildman–Crippen LogP) is 5.46. The molecule has 2 aromatic rings. The van der Waals surface area contributed by atoms with Crippen LogP contribution in [0.1, 0.15) is 0 Å². The molecule has 20 heavy (non-hydrogen) atoms. The molecule has 0 heterocycles. The van der Waals surface area contributed by atoms with Gasteiger partial charge >= 0.3 is 0 Å². The van der Waals surface area contributed by atoms with Crippen molar-refractivity contribution in [1.29, 1.82) is 0 Å². The van der Waals surface area contributed by atoms with Gasteiger partial charge in [0.05, 0.1) is 24.3 Å². The molecule has 0 radical (unpaired) electrons. The van der Waals surface area contributed by atoms with Crippen LogP contribution < -0.4 is 14.2 Å². The average molecular weight is 334 g/mol. The first-order chi connectivity index (χ1) is 9.58. The minimum absolute atomic E-state index is 0.229. The second kappa shape index (κ2) is 6.44. The lowest BCUT2D eigenvalue weighted by Gasteiger charge is -2.15. The van der Waals surface area contributed by atoms with Gasteiger partial charge in [0, 0.05) is 0 Å². The molecule has 0 amide bonds. The molecule has 0 aliphatic heterocycles. The largest absolute Gasteiger partial charge is 0.493 e. The Balaban J connectivity index is 2.52. The van der Waals surface area contributed by atoms with Crippen LogP contribution in [0.2, 0.25) is 15.1 Å². The van der Waals surface area contributed by atoms with Gasteiger partial charge in [0.1, 0.15) is 5.02 Å². The highest BCUT2D eigenvalue weighted by Crippen LogP contribution is 2.46. The summed E-state index contributed by atoms with van der Waals surface area (Å²) in [5, 5.41) is 0.916. The first-order valence-electron chi connectivity index (χ1n) is 5.60. The number of para-hydroxylation sites is 1. The van der Waals surface area contributed by atoms with Crippen molar-refractivity contribution in [1.82, 2.24) is 0 Å². The molecule has 0 spiro atoms. The highest BCUT2D eigenvalue weighted by atomic mass is 35.5. The molecule has 0 aliphatic carbocycles. The topological polar surface area (TPSA) is 27.7 Å². The molecule has 0 unspecified atom stereocenters. The van der Waals surface area contributed by atoms with Gasteiger partial charge in [0.15, 0.2) is 17.2 Å². The lowest BCUT2D eigenvalue weighted by Crippen LogP contribution is -1.95. The molecule has 0 aliphatic rings. The van der Waals surface area contributed by atoms with E-state index < -0.39 is 0 Å². The Hall–Kier alpha value is -1.29. The van der Waals surface area contributed by atoms with Crippen molar-refractivity contribution in [2.24, 2.45) is 0 Å². The average Bonchev–Trinajstić information content (AvgIpc) is 2.47. The van der Waals surface area contributed by atoms with Crippen LogP contribution in [0.3, 0.4) is 0 Å². The molecule has 0 atom stereocenters. The summed E-state index contributed by atoms with van der Waals surface area (Å²) >= 11 is 18.2. The fourth-order valence-corrected chi connectivity index (χ4v) is 2.22. The van der Waals surface area contributed by atoms with Gasteiger partial charge in [0.25, 0.3) is 0 Å². The first-order valence-corrected chi connectivity index (χ1v) is 6.74. The van der Waals surface area contributed by atoms with E-state index in [9.17, 15) is 0 Å². The highest BCUT2D eigenvalue weighted by molar-refractivity contribution is 6.44. The number of ether oxygens (including phenoxy) is 3. The molecule has 106 valence electrons. The molecular weight excluding hydrogens is 323 g/mol. The van der Waals surface area contributed by atoms with Crippen LogP contribution in [0.5, 0.6) is 23.0 Å². The zero-order valence-electron chi connectivity index (χ0n) is 10.7. The summed E-state index contributed by atoms with van der Waals surface area (Å²) in [6.07, 6.45) is 0. The van der Waals surface area contributed by atoms with Crippen molar-refractivity contribution in [3.8, 4) is 23.0 Å². The fraction of sp³-hybridized carbons (Fsp3) is 0.143. The molecule has 3 nitrogen and oxygen atoms in total. The third-order valence-electron chi connectivity index (χ3n) is 2.59. The second-order valence-electron chi connectivity index (χ2n) is 3.77. The van der Waals surface area contributed by atoms with Gasteiger partial charge < -0.3 is 14.2 Å². The van der Waals surface area contributed by atoms with Gasteiger partial charge in [-0.25, -0.2) is 0 Å². The van der Waals surface area contributed by atoms with E-state index in [2.05, 4.69) is 0 Å². The molecule has 6 heteroatoms. The Kier molecular flexibility index (Phi) is 4.86. The molecule has 0 saturated carbocycles. The maximum atomic E-state index is 6.12. The fourth-order valence-electron chi connectivity index (χ4n) is 1.62. The molecule has 2 rings (SSSR count). The maximum absolute atomic E-state index is 6.12. The Morgan fingerprint density at radius 1 is 0.750 bits per heavy atom. The Morgan fingerprint density at radius 3 is 1.85 bits per heavy atom. The van der Waals surface area contributed by atoms with E-state index in [1.54, 1.807) is 30.3 Å². The van der Waals surface area contributed by atoms with Crippen molar-refractivity contribution in [2.75, 3.05) is 14.2 Å². The van der Waals surface area contributed by atoms with Gasteiger partial charge in [-0.15, -0.1) is 0 Å². The van der Waals surface area contributed by atoms with Crippen molar-refractivity contribution in [3.63, 3.8) is 0 Å². The molecule has 0 saturated heterocycles. The van der Waals surface area contributed by atoms with Gasteiger partial charge in [-0.1, -0.05) is 40.9 Å². The number of hydrogen-bond donors (Lipinski definition) is 0. The molecule has 0 bridgehead atoms. The van der Waals surface area contributed by atoms with Crippen LogP contribution in [0.15, 0.2) is 30.3 Å². The molecular formula is C14H11Cl3O3. The Morgan fingerprint density at radius 2 is 1.30 bits per heavy atom. The number of benzene rings is 2. The summed E-state index contributed by atoms with van der Waals surface area (Å²) in [4.78, 5) is 0. The smallest absolute Gasteiger partial charge is 0.211 e. The summed E-state index contributed by atoms with van der Waals surface area (Å²) in [5.41, 5.74) is 0. The van der Waals surface area contributed by atoms with E-state index in [-0.39, 0.29) is 10.8 Å². The third kappa shape index (κ3) is 2.90. The van der Waals surface area contributed by atoms with Crippen molar-refractivity contribution >= 4 is 34.8 Å². The van der Waals surface area contributed by atoms with Gasteiger partial charge in [0.2, 0.25) is 5.75 Å². The molecule has 0 N–H and O–H groups in total. The number of methoxy groups -OCH3 is 2. The number of rotatable bonds is 4. The highest BCUT2D eigenvalue weighted by Gasteiger charge is 2.17. The van der Waals surface area contributed by atoms with E-state index in [4.69, 9.17) is 49.0 Å². The van der Waals surface area contributed by atoms with E-state index in [1.807, 2.05) is 0 Å². The summed E-state index contributed by atoms with van der Waals surface area (Å²) < 4.78 is 16.3. The molecule has 0 fully saturated rings. The van der Waals surface area contributed by atoms with Crippen LogP contribution in [0.4, 0.5) is 0 Å². The summed E-state index contributed by atoms with van der Waals surface area (Å²) in [5.74, 6) is 1.63. The first kappa shape index (κ1) is 15.1. The maximum Gasteiger partial charge on any atom is 0.211 e. The lowest BCUT2D eigenvalue weighted by atomic mass is 10.3. The quantitative estimate of drug-likeness (QED) is 0.696. The van der Waals surface area contributed by atoms with E-state index >= 15 is 0 Å². The zero-order valence-corrected chi connectivity index (χ0v) is 13.0. The summed E-state index contributed by atoms with van der Waals surface area (Å²) in [6.45, 7) is 0. The van der Waals surface area contributed by atoms with Crippen LogP contribution >= 0.6 is 34.8 Å². The second-order valence-corrected chi connectivity index (χ2v) is 4.96. The number of hydrogen-bond acceptors (Lipinski definition) is 3. The van der Waals surface area contributed by atoms with Gasteiger partial charge in [-0.05, 0) is 24.3 Å². The normalized spacial score (nSPS) is 10.2. The van der Waals surface area contributed by atoms with E-state index in [1.165, 1.54) is 14.2 Å². The number of halogens is 3. The Bertz CT molecular complexity index is 607. The standard InChI is InChI=1S/C14H11Cl3O3/c1-18-10-4-3-5-11(19-2)14(10)20-13-9(16)7-6-8(15)12(13)17/h3-7H,1-2H3. The van der Waals surface area contributed by atoms with Crippen LogP contribution in [0, 0.1) is 0 Å². The minimum atomic E-state index is 0.229. The van der Waals surface area contributed by atoms with Gasteiger partial charge in [-0.3, -0.25) is 0 Å². The summed E-state index contributed by atoms with van der Waals surface area (Å²) in [7, 11) is 3.06. The van der Waals surface area contributed by atoms with Crippen molar-refractivity contribution < 1.29 is 14.2 Å². The minimum Gasteiger partial charge on any atom is -0.493 e. The SMILES string of the molecule is COc1cccc(OC)c1Oc1c(Cl)ccc(Cl)c1Cl. The zero-order chi connectivity index (χ0) is 14.7. The van der Waals surface area contributed by atoms with Crippen molar-refractivity contribution in [2.45, 2.75) is 0 Å². The van der Waals surface area contributed by atoms with Gasteiger partial charge in [-0.2, -0.15) is 0 Å². The molecule has 0 aromatic heterocycles. The van der Waals surface area contributed by atoms with E-state index in [0.717, 1.165) is 0 Å². The Labute approximate surface area is 131 Å². The summed E-state index contributed by atoms with van der Waals surface area (Å²) in [6, 6.07) is 8.46. The van der Waals surface area contributed by atoms with Crippen LogP contribution in [0.25, 0.3) is 0 Å². The lowest BCUT2D eigenvalue weighted by molar-refractivity contribution is 0.346. The third-order valence-corrected chi connectivity index (χ3v) is 3.67. The monoisotopic (exact) mass is 332 g/mol. The van der Waals surface area contributed by atoms with Crippen LogP contribution in [-0.2, 0) is 0 Å². The predicted molar refractivity (Wildman–Crippen MR) is 81.1 cm³/mol. The van der Waals surface area contributed by atoms with E-state index in [0.29, 0.717) is 27.3 Å².